The van der Waals surface area contributed by atoms with Crippen molar-refractivity contribution in [3.05, 3.63) is 65.0 Å². The average Bonchev–Trinajstić information content (AvgIpc) is 2.88. The van der Waals surface area contributed by atoms with E-state index in [1.54, 1.807) is 23.5 Å². The molecule has 0 radical (unpaired) electrons. The Bertz CT molecular complexity index is 747. The summed E-state index contributed by atoms with van der Waals surface area (Å²) in [5.74, 6) is -0.0904. The van der Waals surface area contributed by atoms with E-state index >= 15 is 0 Å². The number of para-hydroxylation sites is 1. The lowest BCUT2D eigenvalue weighted by Gasteiger charge is -2.02. The van der Waals surface area contributed by atoms with E-state index in [0.717, 1.165) is 20.7 Å². The van der Waals surface area contributed by atoms with E-state index in [4.69, 9.17) is 4.74 Å². The number of aromatic carboxylic acids is 1. The zero-order valence-electron chi connectivity index (χ0n) is 10.6. The third kappa shape index (κ3) is 2.51. The van der Waals surface area contributed by atoms with Gasteiger partial charge in [0.2, 0.25) is 0 Å². The van der Waals surface area contributed by atoms with Gasteiger partial charge in [0.1, 0.15) is 12.4 Å². The number of fused-ring (bicyclic) bond motifs is 1. The molecule has 0 saturated carbocycles. The maximum atomic E-state index is 11.2. The molecule has 0 aliphatic carbocycles. The lowest BCUT2D eigenvalue weighted by molar-refractivity contribution is 0.0699. The second kappa shape index (κ2) is 5.35. The molecule has 0 atom stereocenters. The summed E-state index contributed by atoms with van der Waals surface area (Å²) in [6.45, 7) is 0.447. The fourth-order valence-electron chi connectivity index (χ4n) is 2.04. The van der Waals surface area contributed by atoms with Gasteiger partial charge in [-0.1, -0.05) is 24.3 Å². The summed E-state index contributed by atoms with van der Waals surface area (Å²) < 4.78 is 6.65. The van der Waals surface area contributed by atoms with Gasteiger partial charge in [0.15, 0.2) is 0 Å². The van der Waals surface area contributed by atoms with E-state index in [0.29, 0.717) is 12.2 Å². The molecule has 20 heavy (non-hydrogen) atoms. The maximum Gasteiger partial charge on any atom is 0.336 e. The van der Waals surface area contributed by atoms with Crippen LogP contribution in [0.2, 0.25) is 0 Å². The van der Waals surface area contributed by atoms with E-state index in [1.807, 2.05) is 42.5 Å². The van der Waals surface area contributed by atoms with Crippen LogP contribution in [0.3, 0.4) is 0 Å². The summed E-state index contributed by atoms with van der Waals surface area (Å²) in [4.78, 5) is 12.2. The molecule has 3 aromatic rings. The van der Waals surface area contributed by atoms with Gasteiger partial charge in [0.05, 0.1) is 5.56 Å². The molecule has 0 unspecified atom stereocenters. The van der Waals surface area contributed by atoms with Gasteiger partial charge in [0.25, 0.3) is 0 Å². The predicted octanol–water partition coefficient (Wildman–Crippen LogP) is 4.18. The fraction of sp³-hybridized carbons (Fsp3) is 0.0625. The highest BCUT2D eigenvalue weighted by Crippen LogP contribution is 2.29. The Balaban J connectivity index is 1.86. The van der Waals surface area contributed by atoms with Gasteiger partial charge in [0, 0.05) is 15.0 Å². The van der Waals surface area contributed by atoms with Gasteiger partial charge < -0.3 is 9.84 Å². The Kier molecular flexibility index (Phi) is 3.39. The largest absolute Gasteiger partial charge is 0.488 e. The lowest BCUT2D eigenvalue weighted by atomic mass is 10.1. The highest BCUT2D eigenvalue weighted by molar-refractivity contribution is 7.19. The van der Waals surface area contributed by atoms with Crippen molar-refractivity contribution in [2.24, 2.45) is 0 Å². The Labute approximate surface area is 120 Å². The summed E-state index contributed by atoms with van der Waals surface area (Å²) >= 11 is 1.56. The van der Waals surface area contributed by atoms with Crippen molar-refractivity contribution in [1.29, 1.82) is 0 Å². The van der Waals surface area contributed by atoms with Crippen LogP contribution in [0.25, 0.3) is 10.1 Å². The summed E-state index contributed by atoms with van der Waals surface area (Å²) in [6, 6.07) is 16.8. The summed E-state index contributed by atoms with van der Waals surface area (Å²) in [6.07, 6.45) is 0. The topological polar surface area (TPSA) is 46.5 Å². The molecule has 100 valence electrons. The molecule has 1 heterocycles. The maximum absolute atomic E-state index is 11.2. The van der Waals surface area contributed by atoms with Crippen LogP contribution in [0.4, 0.5) is 0 Å². The second-order valence-electron chi connectivity index (χ2n) is 4.34. The predicted molar refractivity (Wildman–Crippen MR) is 79.6 cm³/mol. The van der Waals surface area contributed by atoms with Crippen molar-refractivity contribution < 1.29 is 14.6 Å². The zero-order valence-corrected chi connectivity index (χ0v) is 11.4. The number of rotatable bonds is 4. The van der Waals surface area contributed by atoms with Crippen LogP contribution in [0.1, 0.15) is 15.2 Å². The Morgan fingerprint density at radius 1 is 1.10 bits per heavy atom. The van der Waals surface area contributed by atoms with Gasteiger partial charge in [-0.15, -0.1) is 11.3 Å². The minimum Gasteiger partial charge on any atom is -0.488 e. The molecule has 0 fully saturated rings. The lowest BCUT2D eigenvalue weighted by Crippen LogP contribution is -1.95. The van der Waals surface area contributed by atoms with E-state index in [2.05, 4.69) is 0 Å². The Morgan fingerprint density at radius 3 is 2.65 bits per heavy atom. The van der Waals surface area contributed by atoms with E-state index in [1.165, 1.54) is 0 Å². The van der Waals surface area contributed by atoms with Gasteiger partial charge in [-0.3, -0.25) is 0 Å². The number of hydrogen-bond donors (Lipinski definition) is 1. The highest BCUT2D eigenvalue weighted by Gasteiger charge is 2.11. The first-order valence-electron chi connectivity index (χ1n) is 6.16. The summed E-state index contributed by atoms with van der Waals surface area (Å²) in [7, 11) is 0. The standard InChI is InChI=1S/C16H12O3S/c17-16(18)13-7-4-8-15-14(13)9-12(20-15)10-19-11-5-2-1-3-6-11/h1-9H,10H2,(H,17,18). The van der Waals surface area contributed by atoms with Crippen LogP contribution in [0.5, 0.6) is 5.75 Å². The molecule has 0 amide bonds. The first-order valence-corrected chi connectivity index (χ1v) is 6.98. The molecule has 3 nitrogen and oxygen atoms in total. The quantitative estimate of drug-likeness (QED) is 0.781. The zero-order chi connectivity index (χ0) is 13.9. The van der Waals surface area contributed by atoms with Gasteiger partial charge in [-0.05, 0) is 30.3 Å². The molecule has 0 aliphatic heterocycles. The molecule has 1 N–H and O–H groups in total. The normalized spacial score (nSPS) is 10.6. The van der Waals surface area contributed by atoms with E-state index in [-0.39, 0.29) is 0 Å². The summed E-state index contributed by atoms with van der Waals surface area (Å²) in [5, 5.41) is 9.95. The SMILES string of the molecule is O=C(O)c1cccc2sc(COc3ccccc3)cc12. The smallest absolute Gasteiger partial charge is 0.336 e. The third-order valence-corrected chi connectivity index (χ3v) is 4.04. The molecule has 1 aromatic heterocycles. The number of ether oxygens (including phenoxy) is 1. The van der Waals surface area contributed by atoms with Crippen LogP contribution in [0.15, 0.2) is 54.6 Å². The molecule has 4 heteroatoms. The second-order valence-corrected chi connectivity index (χ2v) is 5.51. The fourth-order valence-corrected chi connectivity index (χ4v) is 3.04. The van der Waals surface area contributed by atoms with Crippen LogP contribution in [-0.2, 0) is 6.61 Å². The average molecular weight is 284 g/mol. The van der Waals surface area contributed by atoms with Gasteiger partial charge >= 0.3 is 5.97 Å². The molecular formula is C16H12O3S. The molecule has 0 aliphatic rings. The molecule has 0 saturated heterocycles. The van der Waals surface area contributed by atoms with Crippen LogP contribution in [-0.4, -0.2) is 11.1 Å². The molecule has 3 rings (SSSR count). The van der Waals surface area contributed by atoms with Gasteiger partial charge in [-0.25, -0.2) is 4.79 Å². The molecule has 0 bridgehead atoms. The van der Waals surface area contributed by atoms with Crippen molar-refractivity contribution in [3.63, 3.8) is 0 Å². The number of benzene rings is 2. The highest BCUT2D eigenvalue weighted by atomic mass is 32.1. The Morgan fingerprint density at radius 2 is 1.90 bits per heavy atom. The first kappa shape index (κ1) is 12.7. The third-order valence-electron chi connectivity index (χ3n) is 2.97. The Hall–Kier alpha value is -2.33. The van der Waals surface area contributed by atoms with Crippen molar-refractivity contribution >= 4 is 27.4 Å². The van der Waals surface area contributed by atoms with E-state index < -0.39 is 5.97 Å². The molecule has 0 spiro atoms. The molecular weight excluding hydrogens is 272 g/mol. The number of carboxylic acid groups (broad SMARTS) is 1. The monoisotopic (exact) mass is 284 g/mol. The minimum absolute atomic E-state index is 0.338. The van der Waals surface area contributed by atoms with Crippen LogP contribution in [0, 0.1) is 0 Å². The number of hydrogen-bond acceptors (Lipinski definition) is 3. The first-order chi connectivity index (χ1) is 9.74. The van der Waals surface area contributed by atoms with Crippen molar-refractivity contribution in [1.82, 2.24) is 0 Å². The van der Waals surface area contributed by atoms with Crippen LogP contribution < -0.4 is 4.74 Å². The van der Waals surface area contributed by atoms with Crippen molar-refractivity contribution in [3.8, 4) is 5.75 Å². The number of carboxylic acids is 1. The van der Waals surface area contributed by atoms with Crippen molar-refractivity contribution in [2.75, 3.05) is 0 Å². The number of thiophene rings is 1. The number of carbonyl (C=O) groups is 1. The van der Waals surface area contributed by atoms with Gasteiger partial charge in [-0.2, -0.15) is 0 Å². The summed E-state index contributed by atoms with van der Waals surface area (Å²) in [5.41, 5.74) is 0.338. The van der Waals surface area contributed by atoms with Crippen LogP contribution >= 0.6 is 11.3 Å². The molecule has 2 aromatic carbocycles. The van der Waals surface area contributed by atoms with Crippen molar-refractivity contribution in [2.45, 2.75) is 6.61 Å². The minimum atomic E-state index is -0.899. The van der Waals surface area contributed by atoms with E-state index in [9.17, 15) is 9.90 Å².